The minimum absolute atomic E-state index is 0.145. The van der Waals surface area contributed by atoms with Crippen molar-refractivity contribution >= 4 is 58.3 Å². The van der Waals surface area contributed by atoms with Gasteiger partial charge in [0.1, 0.15) is 6.04 Å². The van der Waals surface area contributed by atoms with E-state index >= 15 is 0 Å². The molecule has 1 unspecified atom stereocenters. The lowest BCUT2D eigenvalue weighted by Crippen LogP contribution is -2.54. The SMILES string of the molecule is COC(=O)c1cc(NC(=O)NC2CN(C(=O)CC(C)(C)C)c3ccc(C)cc3N(CC(=O)c3ccccc3C)C2=O)ccc1C.Cc1cc(N)cc(C(=O)O)c1C. The number of hydrogen-bond acceptors (Lipinski definition) is 8. The van der Waals surface area contributed by atoms with Crippen LogP contribution in [0.2, 0.25) is 0 Å². The third-order valence-corrected chi connectivity index (χ3v) is 9.50. The van der Waals surface area contributed by atoms with Gasteiger partial charge in [-0.2, -0.15) is 0 Å². The van der Waals surface area contributed by atoms with Crippen LogP contribution in [-0.2, 0) is 14.3 Å². The topological polar surface area (TPSA) is 188 Å². The number of carbonyl (C=O) groups is 6. The Balaban J connectivity index is 0.000000512. The molecule has 0 radical (unpaired) electrons. The summed E-state index contributed by atoms with van der Waals surface area (Å²) in [5, 5.41) is 14.2. The van der Waals surface area contributed by atoms with Crippen LogP contribution < -0.4 is 26.2 Å². The van der Waals surface area contributed by atoms with Gasteiger partial charge in [0.2, 0.25) is 5.91 Å². The van der Waals surface area contributed by atoms with E-state index in [0.717, 1.165) is 22.3 Å². The maximum absolute atomic E-state index is 14.3. The van der Waals surface area contributed by atoms with Crippen molar-refractivity contribution in [2.24, 2.45) is 5.41 Å². The molecule has 300 valence electrons. The number of anilines is 4. The highest BCUT2D eigenvalue weighted by molar-refractivity contribution is 6.13. The smallest absolute Gasteiger partial charge is 0.338 e. The average molecular weight is 778 g/mol. The number of nitrogens with one attached hydrogen (secondary N) is 2. The molecule has 13 nitrogen and oxygen atoms in total. The number of methoxy groups -OCH3 is 1. The number of carboxylic acid groups (broad SMARTS) is 1. The second-order valence-electron chi connectivity index (χ2n) is 15.4. The van der Waals surface area contributed by atoms with Crippen LogP contribution in [0, 0.1) is 40.0 Å². The number of aryl methyl sites for hydroxylation is 4. The number of carbonyl (C=O) groups excluding carboxylic acids is 5. The number of benzene rings is 4. The van der Waals surface area contributed by atoms with Crippen LogP contribution in [0.1, 0.15) is 86.1 Å². The summed E-state index contributed by atoms with van der Waals surface area (Å²) >= 11 is 0. The van der Waals surface area contributed by atoms with Crippen molar-refractivity contribution in [3.63, 3.8) is 0 Å². The van der Waals surface area contributed by atoms with Gasteiger partial charge in [0.15, 0.2) is 5.78 Å². The van der Waals surface area contributed by atoms with Gasteiger partial charge in [-0.25, -0.2) is 14.4 Å². The van der Waals surface area contributed by atoms with E-state index in [1.54, 1.807) is 56.3 Å². The molecular weight excluding hydrogens is 727 g/mol. The van der Waals surface area contributed by atoms with Crippen LogP contribution in [0.5, 0.6) is 0 Å². The van der Waals surface area contributed by atoms with E-state index in [-0.39, 0.29) is 47.7 Å². The second kappa shape index (κ2) is 18.0. The highest BCUT2D eigenvalue weighted by Crippen LogP contribution is 2.36. The molecule has 4 aromatic rings. The predicted molar refractivity (Wildman–Crippen MR) is 221 cm³/mol. The molecule has 1 heterocycles. The molecule has 4 aromatic carbocycles. The molecule has 13 heteroatoms. The van der Waals surface area contributed by atoms with Gasteiger partial charge >= 0.3 is 18.0 Å². The monoisotopic (exact) mass is 777 g/mol. The molecule has 0 aromatic heterocycles. The number of ketones is 1. The zero-order chi connectivity index (χ0) is 42.4. The number of carboxylic acids is 1. The lowest BCUT2D eigenvalue weighted by molar-refractivity contribution is -0.121. The molecule has 5 rings (SSSR count). The van der Waals surface area contributed by atoms with Gasteiger partial charge in [0.05, 0.1) is 42.7 Å². The molecule has 0 aliphatic carbocycles. The molecule has 1 atom stereocenters. The molecule has 5 N–H and O–H groups in total. The van der Waals surface area contributed by atoms with E-state index in [1.165, 1.54) is 29.0 Å². The summed E-state index contributed by atoms with van der Waals surface area (Å²) in [7, 11) is 1.27. The molecule has 0 bridgehead atoms. The summed E-state index contributed by atoms with van der Waals surface area (Å²) in [6.45, 7) is 14.5. The van der Waals surface area contributed by atoms with Crippen LogP contribution >= 0.6 is 0 Å². The first-order valence-corrected chi connectivity index (χ1v) is 18.4. The van der Waals surface area contributed by atoms with E-state index in [2.05, 4.69) is 10.6 Å². The summed E-state index contributed by atoms with van der Waals surface area (Å²) in [6.07, 6.45) is 0.190. The van der Waals surface area contributed by atoms with Crippen molar-refractivity contribution < 1.29 is 38.6 Å². The highest BCUT2D eigenvalue weighted by Gasteiger charge is 2.38. The molecule has 1 aliphatic rings. The summed E-state index contributed by atoms with van der Waals surface area (Å²) in [6, 6.07) is 18.6. The van der Waals surface area contributed by atoms with Gasteiger partial charge in [-0.3, -0.25) is 14.4 Å². The first-order chi connectivity index (χ1) is 26.7. The van der Waals surface area contributed by atoms with Gasteiger partial charge in [0, 0.05) is 23.4 Å². The standard InChI is InChI=1S/C35H40N4O6.C9H11NO2/c1-21-12-15-28-29(16-21)39(20-30(40)25-11-9-8-10-22(25)2)32(42)27(19-38(28)31(41)18-35(4,5)6)37-34(44)36-24-14-13-23(3)26(17-24)33(43)45-7;1-5-3-7(10)4-8(6(5)2)9(11)12/h8-17,27H,18-20H2,1-7H3,(H2,36,37,44);3-4H,10H2,1-2H3,(H,11,12). The predicted octanol–water partition coefficient (Wildman–Crippen LogP) is 7.17. The van der Waals surface area contributed by atoms with Crippen molar-refractivity contribution in [3.8, 4) is 0 Å². The zero-order valence-electron chi connectivity index (χ0n) is 33.9. The quantitative estimate of drug-likeness (QED) is 0.0817. The third-order valence-electron chi connectivity index (χ3n) is 9.50. The number of fused-ring (bicyclic) bond motifs is 1. The van der Waals surface area contributed by atoms with Crippen molar-refractivity contribution in [2.75, 3.05) is 41.0 Å². The van der Waals surface area contributed by atoms with E-state index in [1.807, 2.05) is 59.7 Å². The van der Waals surface area contributed by atoms with E-state index in [0.29, 0.717) is 33.9 Å². The van der Waals surface area contributed by atoms with Crippen molar-refractivity contribution in [2.45, 2.75) is 67.9 Å². The third kappa shape index (κ3) is 10.8. The lowest BCUT2D eigenvalue weighted by Gasteiger charge is -2.28. The van der Waals surface area contributed by atoms with Crippen LogP contribution in [0.15, 0.2) is 72.8 Å². The fourth-order valence-corrected chi connectivity index (χ4v) is 6.38. The minimum Gasteiger partial charge on any atom is -0.478 e. The van der Waals surface area contributed by atoms with Crippen molar-refractivity contribution in [1.82, 2.24) is 5.32 Å². The Hall–Kier alpha value is -6.50. The fourth-order valence-electron chi connectivity index (χ4n) is 6.38. The fraction of sp³-hybridized carbons (Fsp3) is 0.318. The number of rotatable bonds is 8. The number of urea groups is 1. The van der Waals surface area contributed by atoms with Crippen LogP contribution in [0.25, 0.3) is 0 Å². The number of Topliss-reactive ketones (excluding diaryl/α,β-unsaturated/α-hetero) is 1. The summed E-state index contributed by atoms with van der Waals surface area (Å²) in [5.74, 6) is -2.51. The van der Waals surface area contributed by atoms with Gasteiger partial charge < -0.3 is 36.0 Å². The van der Waals surface area contributed by atoms with E-state index in [4.69, 9.17) is 15.6 Å². The molecule has 4 amide bonds. The van der Waals surface area contributed by atoms with Crippen LogP contribution in [-0.4, -0.2) is 66.9 Å². The Labute approximate surface area is 333 Å². The maximum atomic E-state index is 14.3. The van der Waals surface area contributed by atoms with Gasteiger partial charge in [-0.1, -0.05) is 57.2 Å². The molecule has 0 saturated heterocycles. The lowest BCUT2D eigenvalue weighted by atomic mass is 9.91. The number of amides is 4. The Morgan fingerprint density at radius 1 is 0.825 bits per heavy atom. The first kappa shape index (κ1) is 43.2. The Bertz CT molecular complexity index is 2220. The number of nitrogen functional groups attached to an aromatic ring is 1. The molecule has 1 aliphatic heterocycles. The molecule has 0 fully saturated rings. The number of nitrogens with two attached hydrogens (primary N) is 1. The molecule has 0 saturated carbocycles. The Morgan fingerprint density at radius 2 is 1.49 bits per heavy atom. The number of aromatic carboxylic acids is 1. The first-order valence-electron chi connectivity index (χ1n) is 18.4. The normalized spacial score (nSPS) is 13.7. The van der Waals surface area contributed by atoms with Crippen molar-refractivity contribution in [1.29, 1.82) is 0 Å². The van der Waals surface area contributed by atoms with Crippen LogP contribution in [0.4, 0.5) is 27.5 Å². The Kier molecular flexibility index (Phi) is 13.6. The van der Waals surface area contributed by atoms with Gasteiger partial charge in [-0.05, 0) is 104 Å². The van der Waals surface area contributed by atoms with E-state index < -0.39 is 29.9 Å². The van der Waals surface area contributed by atoms with Crippen LogP contribution in [0.3, 0.4) is 0 Å². The number of nitrogens with zero attached hydrogens (tertiary/aromatic N) is 2. The average Bonchev–Trinajstić information content (AvgIpc) is 3.23. The van der Waals surface area contributed by atoms with Gasteiger partial charge in [-0.15, -0.1) is 0 Å². The zero-order valence-corrected chi connectivity index (χ0v) is 33.9. The number of esters is 1. The second-order valence-corrected chi connectivity index (χ2v) is 15.4. The largest absolute Gasteiger partial charge is 0.478 e. The highest BCUT2D eigenvalue weighted by atomic mass is 16.5. The van der Waals surface area contributed by atoms with Crippen molar-refractivity contribution in [3.05, 3.63) is 117 Å². The summed E-state index contributed by atoms with van der Waals surface area (Å²) in [5.41, 5.74) is 11.9. The number of hydrogen-bond donors (Lipinski definition) is 4. The Morgan fingerprint density at radius 3 is 2.12 bits per heavy atom. The molecular formula is C44H51N5O8. The number of ether oxygens (including phenoxy) is 1. The minimum atomic E-state index is -1.20. The van der Waals surface area contributed by atoms with Gasteiger partial charge in [0.25, 0.3) is 5.91 Å². The summed E-state index contributed by atoms with van der Waals surface area (Å²) < 4.78 is 4.83. The summed E-state index contributed by atoms with van der Waals surface area (Å²) in [4.78, 5) is 80.7. The molecule has 0 spiro atoms. The van der Waals surface area contributed by atoms with E-state index in [9.17, 15) is 28.8 Å². The maximum Gasteiger partial charge on any atom is 0.338 e. The molecule has 57 heavy (non-hydrogen) atoms.